The molecule has 3 heterocycles. The Morgan fingerprint density at radius 1 is 1.11 bits per heavy atom. The molecule has 1 amide bonds. The normalized spacial score (nSPS) is 14.1. The van der Waals surface area contributed by atoms with E-state index in [0.29, 0.717) is 40.2 Å². The van der Waals surface area contributed by atoms with Gasteiger partial charge >= 0.3 is 0 Å². The number of fused-ring (bicyclic) bond motifs is 2. The molecule has 0 unspecified atom stereocenters. The number of amides is 1. The highest BCUT2D eigenvalue weighted by molar-refractivity contribution is 7.99. The molecule has 3 aromatic rings. The minimum absolute atomic E-state index is 0.0594. The zero-order chi connectivity index (χ0) is 19.1. The predicted molar refractivity (Wildman–Crippen MR) is 99.7 cm³/mol. The molecule has 0 bridgehead atoms. The molecule has 0 atom stereocenters. The van der Waals surface area contributed by atoms with E-state index in [1.807, 2.05) is 0 Å². The minimum atomic E-state index is -0.0741. The van der Waals surface area contributed by atoms with Gasteiger partial charge in [-0.3, -0.25) is 9.59 Å². The Morgan fingerprint density at radius 3 is 2.93 bits per heavy atom. The molecule has 0 aliphatic carbocycles. The number of carbonyl (C=O) groups is 2. The van der Waals surface area contributed by atoms with Crippen LogP contribution >= 0.6 is 11.8 Å². The number of rotatable bonds is 5. The number of hydrogen-bond donors (Lipinski definition) is 1. The topological polar surface area (TPSA) is 104 Å². The van der Waals surface area contributed by atoms with Crippen molar-refractivity contribution < 1.29 is 23.5 Å². The van der Waals surface area contributed by atoms with Gasteiger partial charge in [0.15, 0.2) is 17.3 Å². The Bertz CT molecular complexity index is 1110. The van der Waals surface area contributed by atoms with Crippen molar-refractivity contribution in [3.8, 4) is 23.0 Å². The summed E-state index contributed by atoms with van der Waals surface area (Å²) < 4.78 is 16.3. The summed E-state index contributed by atoms with van der Waals surface area (Å²) in [5.41, 5.74) is 2.87. The van der Waals surface area contributed by atoms with E-state index in [0.717, 1.165) is 11.3 Å². The van der Waals surface area contributed by atoms with Crippen LogP contribution in [0.15, 0.2) is 46.0 Å². The van der Waals surface area contributed by atoms with Crippen LogP contribution in [-0.2, 0) is 11.2 Å². The average Bonchev–Trinajstić information content (AvgIpc) is 3.43. The second-order valence-corrected chi connectivity index (χ2v) is 7.18. The lowest BCUT2D eigenvalue weighted by Crippen LogP contribution is -2.03. The van der Waals surface area contributed by atoms with E-state index in [1.54, 1.807) is 36.4 Å². The molecule has 0 fully saturated rings. The SMILES string of the molecule is O=C1Cc2cc(C(=O)CSc3nnc(-c4ccc5c(c4)OCO5)o3)ccc2N1. The van der Waals surface area contributed by atoms with Crippen molar-refractivity contribution in [2.24, 2.45) is 0 Å². The first kappa shape index (κ1) is 16.8. The number of nitrogens with zero attached hydrogens (tertiary/aromatic N) is 2. The van der Waals surface area contributed by atoms with Crippen LogP contribution in [0.25, 0.3) is 11.5 Å². The Kier molecular flexibility index (Phi) is 4.01. The molecule has 2 aromatic carbocycles. The summed E-state index contributed by atoms with van der Waals surface area (Å²) in [7, 11) is 0. The molecule has 2 aliphatic heterocycles. The van der Waals surface area contributed by atoms with Gasteiger partial charge in [-0.2, -0.15) is 0 Å². The number of anilines is 1. The fourth-order valence-electron chi connectivity index (χ4n) is 3.03. The van der Waals surface area contributed by atoms with Crippen LogP contribution in [0.5, 0.6) is 11.5 Å². The van der Waals surface area contributed by atoms with Gasteiger partial charge in [-0.05, 0) is 42.0 Å². The van der Waals surface area contributed by atoms with Crippen molar-refractivity contribution in [1.82, 2.24) is 10.2 Å². The third-order valence-corrected chi connectivity index (χ3v) is 5.22. The lowest BCUT2D eigenvalue weighted by Gasteiger charge is -2.02. The molecule has 9 heteroatoms. The van der Waals surface area contributed by atoms with E-state index >= 15 is 0 Å². The Balaban J connectivity index is 1.26. The van der Waals surface area contributed by atoms with E-state index < -0.39 is 0 Å². The van der Waals surface area contributed by atoms with Crippen molar-refractivity contribution in [2.45, 2.75) is 11.6 Å². The van der Waals surface area contributed by atoms with Gasteiger partial charge in [0.25, 0.3) is 5.22 Å². The van der Waals surface area contributed by atoms with Gasteiger partial charge < -0.3 is 19.2 Å². The third kappa shape index (κ3) is 3.09. The zero-order valence-electron chi connectivity index (χ0n) is 14.4. The largest absolute Gasteiger partial charge is 0.454 e. The molecule has 1 N–H and O–H groups in total. The van der Waals surface area contributed by atoms with Crippen LogP contribution in [-0.4, -0.2) is 34.4 Å². The van der Waals surface area contributed by atoms with Gasteiger partial charge in [-0.1, -0.05) is 11.8 Å². The highest BCUT2D eigenvalue weighted by Gasteiger charge is 2.20. The molecule has 5 rings (SSSR count). The van der Waals surface area contributed by atoms with Crippen LogP contribution in [0.4, 0.5) is 5.69 Å². The lowest BCUT2D eigenvalue weighted by atomic mass is 10.1. The highest BCUT2D eigenvalue weighted by atomic mass is 32.2. The lowest BCUT2D eigenvalue weighted by molar-refractivity contribution is -0.115. The van der Waals surface area contributed by atoms with Gasteiger partial charge in [-0.15, -0.1) is 10.2 Å². The number of aromatic nitrogens is 2. The molecular formula is C19H13N3O5S. The Hall–Kier alpha value is -3.33. The van der Waals surface area contributed by atoms with Crippen LogP contribution < -0.4 is 14.8 Å². The second-order valence-electron chi connectivity index (χ2n) is 6.25. The van der Waals surface area contributed by atoms with Gasteiger partial charge in [0.2, 0.25) is 18.6 Å². The van der Waals surface area contributed by atoms with Gasteiger partial charge in [0.05, 0.1) is 12.2 Å². The van der Waals surface area contributed by atoms with E-state index in [2.05, 4.69) is 15.5 Å². The predicted octanol–water partition coefficient (Wildman–Crippen LogP) is 2.93. The fraction of sp³-hybridized carbons (Fsp3) is 0.158. The monoisotopic (exact) mass is 395 g/mol. The fourth-order valence-corrected chi connectivity index (χ4v) is 3.69. The maximum Gasteiger partial charge on any atom is 0.277 e. The van der Waals surface area contributed by atoms with Crippen LogP contribution in [0.2, 0.25) is 0 Å². The molecule has 8 nitrogen and oxygen atoms in total. The van der Waals surface area contributed by atoms with E-state index in [1.165, 1.54) is 11.8 Å². The average molecular weight is 395 g/mol. The van der Waals surface area contributed by atoms with Crippen molar-refractivity contribution in [3.05, 3.63) is 47.5 Å². The van der Waals surface area contributed by atoms with Crippen LogP contribution in [0.1, 0.15) is 15.9 Å². The number of carbonyl (C=O) groups excluding carboxylic acids is 2. The highest BCUT2D eigenvalue weighted by Crippen LogP contribution is 2.36. The maximum atomic E-state index is 12.5. The quantitative estimate of drug-likeness (QED) is 0.519. The number of hydrogen-bond acceptors (Lipinski definition) is 8. The van der Waals surface area contributed by atoms with Gasteiger partial charge in [0, 0.05) is 16.8 Å². The summed E-state index contributed by atoms with van der Waals surface area (Å²) in [6, 6.07) is 10.6. The van der Waals surface area contributed by atoms with Crippen LogP contribution in [0.3, 0.4) is 0 Å². The Labute approximate surface area is 163 Å². The summed E-state index contributed by atoms with van der Waals surface area (Å²) >= 11 is 1.17. The summed E-state index contributed by atoms with van der Waals surface area (Å²) in [5.74, 6) is 1.67. The molecule has 28 heavy (non-hydrogen) atoms. The summed E-state index contributed by atoms with van der Waals surface area (Å²) in [6.45, 7) is 0.193. The van der Waals surface area contributed by atoms with Crippen LogP contribution in [0, 0.1) is 0 Å². The molecule has 0 saturated carbocycles. The second kappa shape index (κ2) is 6.68. The zero-order valence-corrected chi connectivity index (χ0v) is 15.2. The molecule has 140 valence electrons. The summed E-state index contributed by atoms with van der Waals surface area (Å²) in [4.78, 5) is 23.9. The molecular weight excluding hydrogens is 382 g/mol. The minimum Gasteiger partial charge on any atom is -0.454 e. The number of ketones is 1. The van der Waals surface area contributed by atoms with E-state index in [-0.39, 0.29) is 24.2 Å². The number of ether oxygens (including phenoxy) is 2. The van der Waals surface area contributed by atoms with Crippen molar-refractivity contribution in [2.75, 3.05) is 17.9 Å². The molecule has 2 aliphatic rings. The van der Waals surface area contributed by atoms with E-state index in [9.17, 15) is 9.59 Å². The summed E-state index contributed by atoms with van der Waals surface area (Å²) in [6.07, 6.45) is 0.298. The van der Waals surface area contributed by atoms with Crippen molar-refractivity contribution in [1.29, 1.82) is 0 Å². The molecule has 0 spiro atoms. The van der Waals surface area contributed by atoms with Gasteiger partial charge in [0.1, 0.15) is 0 Å². The number of benzene rings is 2. The first-order valence-electron chi connectivity index (χ1n) is 8.48. The first-order valence-corrected chi connectivity index (χ1v) is 9.46. The first-order chi connectivity index (χ1) is 13.7. The number of thioether (sulfide) groups is 1. The third-order valence-electron chi connectivity index (χ3n) is 4.41. The van der Waals surface area contributed by atoms with Crippen molar-refractivity contribution >= 4 is 29.1 Å². The Morgan fingerprint density at radius 2 is 2.00 bits per heavy atom. The summed E-state index contributed by atoms with van der Waals surface area (Å²) in [5, 5.41) is 11.1. The maximum absolute atomic E-state index is 12.5. The smallest absolute Gasteiger partial charge is 0.277 e. The van der Waals surface area contributed by atoms with Crippen molar-refractivity contribution in [3.63, 3.8) is 0 Å². The standard InChI is InChI=1S/C19H13N3O5S/c23-14(10-1-3-13-12(5-10)7-17(24)20-13)8-28-19-22-21-18(27-19)11-2-4-15-16(6-11)26-9-25-15/h1-6H,7-9H2,(H,20,24). The van der Waals surface area contributed by atoms with Gasteiger partial charge in [-0.25, -0.2) is 0 Å². The number of nitrogens with one attached hydrogen (secondary N) is 1. The molecule has 1 aromatic heterocycles. The van der Waals surface area contributed by atoms with E-state index in [4.69, 9.17) is 13.9 Å². The molecule has 0 radical (unpaired) electrons. The number of Topliss-reactive ketones (excluding diaryl/α,β-unsaturated/α-hetero) is 1. The molecule has 0 saturated heterocycles.